The van der Waals surface area contributed by atoms with Crippen molar-refractivity contribution in [3.63, 3.8) is 0 Å². The molecule has 1 aromatic heterocycles. The van der Waals surface area contributed by atoms with Gasteiger partial charge in [-0.25, -0.2) is 8.42 Å². The van der Waals surface area contributed by atoms with Gasteiger partial charge in [-0.05, 0) is 72.8 Å². The number of sulfone groups is 1. The van der Waals surface area contributed by atoms with Crippen LogP contribution in [0.1, 0.15) is 47.9 Å². The molecule has 12 nitrogen and oxygen atoms in total. The van der Waals surface area contributed by atoms with E-state index in [1.54, 1.807) is 12.1 Å². The molecule has 3 aromatic carbocycles. The summed E-state index contributed by atoms with van der Waals surface area (Å²) in [6, 6.07) is 16.0. The lowest BCUT2D eigenvalue weighted by Gasteiger charge is -2.33. The topological polar surface area (TPSA) is 162 Å². The third-order valence-corrected chi connectivity index (χ3v) is 11.2. The maximum Gasteiger partial charge on any atom is 0.320 e. The van der Waals surface area contributed by atoms with Crippen LogP contribution in [0.25, 0.3) is 11.1 Å². The number of ether oxygens (including phenoxy) is 4. The van der Waals surface area contributed by atoms with Crippen LogP contribution in [-0.2, 0) is 39.2 Å². The fourth-order valence-electron chi connectivity index (χ4n) is 6.36. The zero-order valence-corrected chi connectivity index (χ0v) is 30.1. The number of aliphatic carboxylic acids is 2. The summed E-state index contributed by atoms with van der Waals surface area (Å²) in [5.74, 6) is -0.524. The Labute approximate surface area is 306 Å². The quantitative estimate of drug-likeness (QED) is 0.148. The van der Waals surface area contributed by atoms with Crippen LogP contribution < -0.4 is 18.9 Å². The number of carboxylic acid groups (broad SMARTS) is 2. The van der Waals surface area contributed by atoms with Crippen LogP contribution in [0.4, 0.5) is 0 Å². The molecule has 1 fully saturated rings. The average Bonchev–Trinajstić information content (AvgIpc) is 3.14. The third kappa shape index (κ3) is 8.77. The highest BCUT2D eigenvalue weighted by atomic mass is 35.5. The minimum Gasteiger partial charge on any atom is -0.488 e. The molecule has 0 aliphatic carbocycles. The second-order valence-electron chi connectivity index (χ2n) is 12.7. The molecule has 0 unspecified atom stereocenters. The summed E-state index contributed by atoms with van der Waals surface area (Å²) < 4.78 is 49.5. The van der Waals surface area contributed by atoms with Crippen molar-refractivity contribution in [2.75, 3.05) is 25.5 Å². The second kappa shape index (κ2) is 16.2. The maximum atomic E-state index is 12.7. The van der Waals surface area contributed by atoms with Gasteiger partial charge in [0.2, 0.25) is 0 Å². The van der Waals surface area contributed by atoms with Crippen molar-refractivity contribution in [3.8, 4) is 34.1 Å². The van der Waals surface area contributed by atoms with E-state index in [1.165, 1.54) is 18.5 Å². The molecule has 2 N–H and O–H groups in total. The Bertz CT molecular complexity index is 2070. The largest absolute Gasteiger partial charge is 0.488 e. The molecule has 0 saturated carbocycles. The van der Waals surface area contributed by atoms with Gasteiger partial charge in [0.1, 0.15) is 44.0 Å². The number of pyridine rings is 1. The average molecular weight is 751 g/mol. The summed E-state index contributed by atoms with van der Waals surface area (Å²) >= 11 is 6.80. The molecule has 2 aliphatic rings. The van der Waals surface area contributed by atoms with Gasteiger partial charge in [0.15, 0.2) is 21.3 Å². The van der Waals surface area contributed by atoms with Crippen molar-refractivity contribution in [2.45, 2.75) is 63.3 Å². The lowest BCUT2D eigenvalue weighted by molar-refractivity contribution is -0.145. The van der Waals surface area contributed by atoms with Crippen molar-refractivity contribution < 1.29 is 47.2 Å². The van der Waals surface area contributed by atoms with Gasteiger partial charge in [0.05, 0.1) is 22.1 Å². The van der Waals surface area contributed by atoms with E-state index in [-0.39, 0.29) is 24.7 Å². The number of benzene rings is 3. The molecule has 0 radical (unpaired) electrons. The van der Waals surface area contributed by atoms with E-state index in [1.807, 2.05) is 48.2 Å². The van der Waals surface area contributed by atoms with Gasteiger partial charge < -0.3 is 29.2 Å². The van der Waals surface area contributed by atoms with E-state index >= 15 is 0 Å². The summed E-state index contributed by atoms with van der Waals surface area (Å²) in [5, 5.41) is 19.2. The number of fused-ring (bicyclic) bond motifs is 1. The molecule has 0 bridgehead atoms. The second-order valence-corrected chi connectivity index (χ2v) is 15.2. The molecule has 2 aliphatic heterocycles. The summed E-state index contributed by atoms with van der Waals surface area (Å²) in [6.07, 6.45) is 4.31. The standard InChI is InChI=1S/C38H39ClN2O10S/c1-24-27(5-4-6-30(24)26-8-9-33-36(17-26)49-13-12-48-33)23-51-35-18-34(28(16-31(35)39)21-41-11-3-2-7-32(41)38(44)45)50-22-25-15-29(20-40-19-25)52(46,47)14-10-37(42)43/h4-6,8-9,15-20,32H,2-3,7,10-14,21-23H2,1H3,(H,42,43)(H,44,45)/t32-/m0/s1. The minimum absolute atomic E-state index is 0.0809. The smallest absolute Gasteiger partial charge is 0.320 e. The third-order valence-electron chi connectivity index (χ3n) is 9.18. The lowest BCUT2D eigenvalue weighted by atomic mass is 9.96. The molecule has 4 aromatic rings. The summed E-state index contributed by atoms with van der Waals surface area (Å²) in [4.78, 5) is 28.9. The van der Waals surface area contributed by atoms with Crippen molar-refractivity contribution in [1.82, 2.24) is 9.88 Å². The van der Waals surface area contributed by atoms with Crippen molar-refractivity contribution >= 4 is 33.4 Å². The molecule has 14 heteroatoms. The van der Waals surface area contributed by atoms with Gasteiger partial charge in [-0.3, -0.25) is 19.5 Å². The minimum atomic E-state index is -3.89. The van der Waals surface area contributed by atoms with Crippen LogP contribution in [0.15, 0.2) is 71.9 Å². The molecule has 3 heterocycles. The molecule has 52 heavy (non-hydrogen) atoms. The zero-order valence-electron chi connectivity index (χ0n) is 28.5. The van der Waals surface area contributed by atoms with Crippen LogP contribution in [0.3, 0.4) is 0 Å². The van der Waals surface area contributed by atoms with Crippen LogP contribution in [-0.4, -0.2) is 72.0 Å². The van der Waals surface area contributed by atoms with E-state index in [4.69, 9.17) is 35.7 Å². The summed E-state index contributed by atoms with van der Waals surface area (Å²) in [6.45, 7) is 3.98. The van der Waals surface area contributed by atoms with E-state index in [9.17, 15) is 23.1 Å². The van der Waals surface area contributed by atoms with Crippen LogP contribution in [0, 0.1) is 6.92 Å². The number of piperidine rings is 1. The Morgan fingerprint density at radius 1 is 0.942 bits per heavy atom. The van der Waals surface area contributed by atoms with Crippen LogP contribution >= 0.6 is 11.6 Å². The van der Waals surface area contributed by atoms with E-state index in [0.717, 1.165) is 35.1 Å². The lowest BCUT2D eigenvalue weighted by Crippen LogP contribution is -2.44. The van der Waals surface area contributed by atoms with E-state index in [0.29, 0.717) is 65.3 Å². The van der Waals surface area contributed by atoms with E-state index in [2.05, 4.69) is 4.98 Å². The Hall–Kier alpha value is -4.85. The van der Waals surface area contributed by atoms with Crippen LogP contribution in [0.2, 0.25) is 5.02 Å². The molecule has 274 valence electrons. The highest BCUT2D eigenvalue weighted by Crippen LogP contribution is 2.38. The van der Waals surface area contributed by atoms with Gasteiger partial charge in [0.25, 0.3) is 0 Å². The fraction of sp³-hybridized carbons (Fsp3) is 0.342. The highest BCUT2D eigenvalue weighted by Gasteiger charge is 2.29. The van der Waals surface area contributed by atoms with Crippen molar-refractivity contribution in [1.29, 1.82) is 0 Å². The Morgan fingerprint density at radius 3 is 2.52 bits per heavy atom. The van der Waals surface area contributed by atoms with Crippen LogP contribution in [0.5, 0.6) is 23.0 Å². The first-order valence-corrected chi connectivity index (χ1v) is 18.9. The van der Waals surface area contributed by atoms with Gasteiger partial charge >= 0.3 is 11.9 Å². The number of likely N-dealkylation sites (tertiary alicyclic amines) is 1. The number of carboxylic acids is 2. The molecule has 0 spiro atoms. The number of carbonyl (C=O) groups is 2. The fourth-order valence-corrected chi connectivity index (χ4v) is 7.83. The predicted octanol–water partition coefficient (Wildman–Crippen LogP) is 6.33. The molecule has 1 saturated heterocycles. The highest BCUT2D eigenvalue weighted by molar-refractivity contribution is 7.91. The molecule has 6 rings (SSSR count). The molecular weight excluding hydrogens is 712 g/mol. The maximum absolute atomic E-state index is 12.7. The first-order chi connectivity index (χ1) is 25.0. The normalized spacial score (nSPS) is 15.9. The van der Waals surface area contributed by atoms with Gasteiger partial charge in [-0.1, -0.05) is 42.3 Å². The Kier molecular flexibility index (Phi) is 11.5. The van der Waals surface area contributed by atoms with Gasteiger partial charge in [-0.2, -0.15) is 0 Å². The first kappa shape index (κ1) is 36.9. The van der Waals surface area contributed by atoms with Crippen molar-refractivity contribution in [2.24, 2.45) is 0 Å². The summed E-state index contributed by atoms with van der Waals surface area (Å²) in [7, 11) is -3.89. The van der Waals surface area contributed by atoms with Gasteiger partial charge in [-0.15, -0.1) is 0 Å². The van der Waals surface area contributed by atoms with Gasteiger partial charge in [0, 0.05) is 36.1 Å². The number of halogens is 1. The first-order valence-electron chi connectivity index (χ1n) is 16.9. The number of hydrogen-bond donors (Lipinski definition) is 2. The zero-order chi connectivity index (χ0) is 36.8. The Morgan fingerprint density at radius 2 is 1.73 bits per heavy atom. The Balaban J connectivity index is 1.25. The van der Waals surface area contributed by atoms with Crippen molar-refractivity contribution in [3.05, 3.63) is 94.3 Å². The summed E-state index contributed by atoms with van der Waals surface area (Å²) in [5.41, 5.74) is 5.01. The molecule has 1 atom stereocenters. The number of aromatic nitrogens is 1. The predicted molar refractivity (Wildman–Crippen MR) is 192 cm³/mol. The number of nitrogens with zero attached hydrogens (tertiary/aromatic N) is 2. The SMILES string of the molecule is Cc1c(COc2cc(OCc3cncc(S(=O)(=O)CCC(=O)O)c3)c(CN3CCCC[C@H]3C(=O)O)cc2Cl)cccc1-c1ccc2c(c1)OCCO2. The number of rotatable bonds is 14. The monoisotopic (exact) mass is 750 g/mol. The molecular formula is C38H39ClN2O10S. The molecule has 0 amide bonds. The number of hydrogen-bond acceptors (Lipinski definition) is 10. The van der Waals surface area contributed by atoms with E-state index < -0.39 is 40.0 Å².